The van der Waals surface area contributed by atoms with Crippen LogP contribution in [0.3, 0.4) is 0 Å². The summed E-state index contributed by atoms with van der Waals surface area (Å²) in [7, 11) is 0. The standard InChI is InChI=1S/C13H14O.C10H8/c14-13-9-5-4-8-12(13)10-11-6-2-1-3-7-11;1-2-6-10-8-4-3-7-9(10)5-1/h1-3,6-7,10H,4-5,8-9H2;1-8H. The molecular weight excluding hydrogens is 292 g/mol. The van der Waals surface area contributed by atoms with Crippen LogP contribution in [0.5, 0.6) is 0 Å². The van der Waals surface area contributed by atoms with E-state index in [4.69, 9.17) is 0 Å². The Bertz CT molecular complexity index is 765. The van der Waals surface area contributed by atoms with Crippen molar-refractivity contribution in [2.24, 2.45) is 0 Å². The summed E-state index contributed by atoms with van der Waals surface area (Å²) >= 11 is 0. The zero-order valence-corrected chi connectivity index (χ0v) is 13.8. The van der Waals surface area contributed by atoms with Crippen LogP contribution in [0.25, 0.3) is 16.8 Å². The minimum Gasteiger partial charge on any atom is -0.295 e. The number of ketones is 1. The molecule has 1 aliphatic rings. The summed E-state index contributed by atoms with van der Waals surface area (Å²) in [6.07, 6.45) is 5.93. The van der Waals surface area contributed by atoms with Crippen molar-refractivity contribution in [3.8, 4) is 0 Å². The predicted molar refractivity (Wildman–Crippen MR) is 102 cm³/mol. The summed E-state index contributed by atoms with van der Waals surface area (Å²) in [5.74, 6) is 0.333. The second-order valence-corrected chi connectivity index (χ2v) is 6.06. The van der Waals surface area contributed by atoms with Gasteiger partial charge in [0.15, 0.2) is 5.78 Å². The second kappa shape index (κ2) is 8.26. The number of Topliss-reactive ketones (excluding diaryl/α,β-unsaturated/α-hetero) is 1. The van der Waals surface area contributed by atoms with E-state index in [0.717, 1.165) is 36.8 Å². The van der Waals surface area contributed by atoms with Gasteiger partial charge in [-0.1, -0.05) is 78.9 Å². The van der Waals surface area contributed by atoms with E-state index in [1.54, 1.807) is 0 Å². The Morgan fingerprint density at radius 3 is 1.67 bits per heavy atom. The van der Waals surface area contributed by atoms with Gasteiger partial charge in [0.25, 0.3) is 0 Å². The van der Waals surface area contributed by atoms with Crippen molar-refractivity contribution in [3.63, 3.8) is 0 Å². The fourth-order valence-electron chi connectivity index (χ4n) is 2.94. The van der Waals surface area contributed by atoms with Gasteiger partial charge in [0.05, 0.1) is 0 Å². The molecule has 0 radical (unpaired) electrons. The third-order valence-electron chi connectivity index (χ3n) is 4.26. The van der Waals surface area contributed by atoms with E-state index in [-0.39, 0.29) is 0 Å². The lowest BCUT2D eigenvalue weighted by atomic mass is 9.92. The Hall–Kier alpha value is -2.67. The molecule has 0 bridgehead atoms. The fraction of sp³-hybridized carbons (Fsp3) is 0.174. The fourth-order valence-corrected chi connectivity index (χ4v) is 2.94. The van der Waals surface area contributed by atoms with Crippen LogP contribution in [0.1, 0.15) is 31.2 Å². The molecule has 1 heteroatoms. The highest BCUT2D eigenvalue weighted by Crippen LogP contribution is 2.21. The summed E-state index contributed by atoms with van der Waals surface area (Å²) in [6, 6.07) is 26.8. The van der Waals surface area contributed by atoms with E-state index in [1.807, 2.05) is 36.4 Å². The number of hydrogen-bond donors (Lipinski definition) is 0. The normalized spacial score (nSPS) is 15.8. The van der Waals surface area contributed by atoms with E-state index < -0.39 is 0 Å². The minimum absolute atomic E-state index is 0.333. The van der Waals surface area contributed by atoms with Gasteiger partial charge in [0.1, 0.15) is 0 Å². The van der Waals surface area contributed by atoms with Crippen LogP contribution in [0.15, 0.2) is 84.4 Å². The molecule has 3 aromatic rings. The Morgan fingerprint density at radius 1 is 0.625 bits per heavy atom. The zero-order chi connectivity index (χ0) is 16.6. The number of hydrogen-bond acceptors (Lipinski definition) is 1. The van der Waals surface area contributed by atoms with Crippen molar-refractivity contribution in [2.75, 3.05) is 0 Å². The number of carbonyl (C=O) groups is 1. The third kappa shape index (κ3) is 4.42. The third-order valence-corrected chi connectivity index (χ3v) is 4.26. The number of benzene rings is 3. The van der Waals surface area contributed by atoms with Crippen molar-refractivity contribution in [3.05, 3.63) is 90.0 Å². The lowest BCUT2D eigenvalue weighted by Gasteiger charge is -2.12. The molecule has 4 rings (SSSR count). The molecular formula is C23H22O. The molecule has 1 saturated carbocycles. The molecule has 24 heavy (non-hydrogen) atoms. The highest BCUT2D eigenvalue weighted by atomic mass is 16.1. The van der Waals surface area contributed by atoms with Gasteiger partial charge in [-0.25, -0.2) is 0 Å². The van der Waals surface area contributed by atoms with Gasteiger partial charge in [-0.3, -0.25) is 4.79 Å². The highest BCUT2D eigenvalue weighted by molar-refractivity contribution is 6.00. The van der Waals surface area contributed by atoms with E-state index in [2.05, 4.69) is 48.5 Å². The van der Waals surface area contributed by atoms with E-state index in [9.17, 15) is 4.79 Å². The zero-order valence-electron chi connectivity index (χ0n) is 13.8. The maximum absolute atomic E-state index is 11.5. The topological polar surface area (TPSA) is 17.1 Å². The lowest BCUT2D eigenvalue weighted by molar-refractivity contribution is -0.116. The Morgan fingerprint density at radius 2 is 1.12 bits per heavy atom. The first-order valence-corrected chi connectivity index (χ1v) is 8.55. The predicted octanol–water partition coefficient (Wildman–Crippen LogP) is 6.05. The summed E-state index contributed by atoms with van der Waals surface area (Å²) in [5.41, 5.74) is 2.14. The average Bonchev–Trinajstić information content (AvgIpc) is 2.65. The lowest BCUT2D eigenvalue weighted by Crippen LogP contribution is -2.07. The number of allylic oxidation sites excluding steroid dienone is 1. The molecule has 0 heterocycles. The van der Waals surface area contributed by atoms with Gasteiger partial charge in [0, 0.05) is 6.42 Å². The van der Waals surface area contributed by atoms with E-state index >= 15 is 0 Å². The van der Waals surface area contributed by atoms with Crippen LogP contribution in [-0.4, -0.2) is 5.78 Å². The monoisotopic (exact) mass is 314 g/mol. The molecule has 0 amide bonds. The van der Waals surface area contributed by atoms with Crippen molar-refractivity contribution >= 4 is 22.6 Å². The van der Waals surface area contributed by atoms with E-state index in [0.29, 0.717) is 5.78 Å². The Labute approximate surface area is 143 Å². The summed E-state index contributed by atoms with van der Waals surface area (Å²) in [5, 5.41) is 2.62. The number of carbonyl (C=O) groups excluding carboxylic acids is 1. The molecule has 0 unspecified atom stereocenters. The SMILES string of the molecule is O=C1CCCCC1=Cc1ccccc1.c1ccc2ccccc2c1. The summed E-state index contributed by atoms with van der Waals surface area (Å²) in [6.45, 7) is 0. The van der Waals surface area contributed by atoms with Crippen LogP contribution in [0, 0.1) is 0 Å². The van der Waals surface area contributed by atoms with Crippen LogP contribution >= 0.6 is 0 Å². The van der Waals surface area contributed by atoms with Crippen molar-refractivity contribution in [1.29, 1.82) is 0 Å². The molecule has 0 N–H and O–H groups in total. The van der Waals surface area contributed by atoms with Gasteiger partial charge in [-0.15, -0.1) is 0 Å². The first-order valence-electron chi connectivity index (χ1n) is 8.55. The minimum atomic E-state index is 0.333. The molecule has 1 nitrogen and oxygen atoms in total. The van der Waals surface area contributed by atoms with Crippen LogP contribution in [0.4, 0.5) is 0 Å². The number of fused-ring (bicyclic) bond motifs is 1. The smallest absolute Gasteiger partial charge is 0.158 e. The first-order chi connectivity index (χ1) is 11.8. The molecule has 0 spiro atoms. The van der Waals surface area contributed by atoms with Crippen molar-refractivity contribution in [1.82, 2.24) is 0 Å². The number of rotatable bonds is 1. The molecule has 0 saturated heterocycles. The van der Waals surface area contributed by atoms with Crippen LogP contribution < -0.4 is 0 Å². The van der Waals surface area contributed by atoms with E-state index in [1.165, 1.54) is 10.8 Å². The second-order valence-electron chi connectivity index (χ2n) is 6.06. The molecule has 0 aromatic heterocycles. The first kappa shape index (κ1) is 16.2. The quantitative estimate of drug-likeness (QED) is 0.499. The van der Waals surface area contributed by atoms with Gasteiger partial charge < -0.3 is 0 Å². The van der Waals surface area contributed by atoms with Crippen molar-refractivity contribution < 1.29 is 4.79 Å². The molecule has 1 fully saturated rings. The van der Waals surface area contributed by atoms with Gasteiger partial charge in [-0.2, -0.15) is 0 Å². The molecule has 1 aliphatic carbocycles. The van der Waals surface area contributed by atoms with Crippen LogP contribution in [0.2, 0.25) is 0 Å². The van der Waals surface area contributed by atoms with Gasteiger partial charge in [0.2, 0.25) is 0 Å². The average molecular weight is 314 g/mol. The van der Waals surface area contributed by atoms with Crippen molar-refractivity contribution in [2.45, 2.75) is 25.7 Å². The Balaban J connectivity index is 0.000000149. The largest absolute Gasteiger partial charge is 0.295 e. The summed E-state index contributed by atoms with van der Waals surface area (Å²) < 4.78 is 0. The molecule has 0 aliphatic heterocycles. The van der Waals surface area contributed by atoms with Gasteiger partial charge >= 0.3 is 0 Å². The molecule has 120 valence electrons. The van der Waals surface area contributed by atoms with Gasteiger partial charge in [-0.05, 0) is 47.2 Å². The maximum atomic E-state index is 11.5. The Kier molecular flexibility index (Phi) is 5.57. The maximum Gasteiger partial charge on any atom is 0.158 e. The molecule has 3 aromatic carbocycles. The molecule has 0 atom stereocenters. The summed E-state index contributed by atoms with van der Waals surface area (Å²) in [4.78, 5) is 11.5. The highest BCUT2D eigenvalue weighted by Gasteiger charge is 2.14. The van der Waals surface area contributed by atoms with Crippen LogP contribution in [-0.2, 0) is 4.79 Å².